The Hall–Kier alpha value is 0.0700. The highest BCUT2D eigenvalue weighted by atomic mass is 32.2. The Morgan fingerprint density at radius 1 is 1.50 bits per heavy atom. The fourth-order valence-corrected chi connectivity index (χ4v) is 2.00. The third kappa shape index (κ3) is 4.53. The van der Waals surface area contributed by atoms with Crippen LogP contribution in [-0.4, -0.2) is 41.4 Å². The lowest BCUT2D eigenvalue weighted by molar-refractivity contribution is 0.470. The molecule has 1 fully saturated rings. The molecule has 1 heterocycles. The van der Waals surface area contributed by atoms with Crippen LogP contribution in [0.3, 0.4) is 0 Å². The average molecular weight is 218 g/mol. The minimum Gasteiger partial charge on any atom is -0.317 e. The van der Waals surface area contributed by atoms with Gasteiger partial charge < -0.3 is 10.6 Å². The van der Waals surface area contributed by atoms with Crippen molar-refractivity contribution in [2.24, 2.45) is 0 Å². The van der Waals surface area contributed by atoms with Gasteiger partial charge in [-0.25, -0.2) is 0 Å². The van der Waals surface area contributed by atoms with Crippen LogP contribution in [0, 0.1) is 0 Å². The Labute approximate surface area is 89.5 Å². The zero-order valence-electron chi connectivity index (χ0n) is 9.21. The van der Waals surface area contributed by atoms with E-state index in [9.17, 15) is 4.21 Å². The van der Waals surface area contributed by atoms with E-state index in [1.165, 1.54) is 19.3 Å². The quantitative estimate of drug-likeness (QED) is 0.721. The summed E-state index contributed by atoms with van der Waals surface area (Å²) in [5.74, 6) is 0. The number of nitrogens with one attached hydrogen (secondary N) is 2. The van der Waals surface area contributed by atoms with E-state index in [-0.39, 0.29) is 5.25 Å². The van der Waals surface area contributed by atoms with Crippen molar-refractivity contribution < 1.29 is 4.21 Å². The average Bonchev–Trinajstić information content (AvgIpc) is 2.42. The van der Waals surface area contributed by atoms with E-state index < -0.39 is 10.8 Å². The molecule has 1 aliphatic rings. The molecular formula is C10H22N2OS. The van der Waals surface area contributed by atoms with Crippen molar-refractivity contribution in [1.29, 1.82) is 0 Å². The summed E-state index contributed by atoms with van der Waals surface area (Å²) in [4.78, 5) is 0. The normalized spacial score (nSPS) is 28.0. The van der Waals surface area contributed by atoms with Crippen molar-refractivity contribution in [3.05, 3.63) is 0 Å². The molecule has 0 radical (unpaired) electrons. The molecule has 3 unspecified atom stereocenters. The Morgan fingerprint density at radius 2 is 2.29 bits per heavy atom. The molecule has 3 atom stereocenters. The third-order valence-corrected chi connectivity index (χ3v) is 4.14. The molecule has 0 amide bonds. The maximum Gasteiger partial charge on any atom is 0.0441 e. The van der Waals surface area contributed by atoms with Gasteiger partial charge in [0.1, 0.15) is 0 Å². The second kappa shape index (κ2) is 6.53. The van der Waals surface area contributed by atoms with Gasteiger partial charge in [-0.15, -0.1) is 0 Å². The van der Waals surface area contributed by atoms with Crippen LogP contribution in [0.1, 0.15) is 26.2 Å². The summed E-state index contributed by atoms with van der Waals surface area (Å²) in [6.07, 6.45) is 5.47. The Bertz CT molecular complexity index is 179. The summed E-state index contributed by atoms with van der Waals surface area (Å²) in [5.41, 5.74) is 0. The molecule has 2 N–H and O–H groups in total. The molecule has 3 nitrogen and oxygen atoms in total. The van der Waals surface area contributed by atoms with Gasteiger partial charge in [0, 0.05) is 34.9 Å². The van der Waals surface area contributed by atoms with Crippen molar-refractivity contribution in [2.45, 2.75) is 37.5 Å². The van der Waals surface area contributed by atoms with Gasteiger partial charge in [0.2, 0.25) is 0 Å². The predicted octanol–water partition coefficient (Wildman–Crippen LogP) is 0.485. The lowest BCUT2D eigenvalue weighted by atomic mass is 10.1. The van der Waals surface area contributed by atoms with Crippen LogP contribution in [0.5, 0.6) is 0 Å². The number of rotatable bonds is 4. The molecule has 84 valence electrons. The van der Waals surface area contributed by atoms with Crippen molar-refractivity contribution >= 4 is 10.8 Å². The van der Waals surface area contributed by atoms with Crippen LogP contribution in [0.15, 0.2) is 0 Å². The highest BCUT2D eigenvalue weighted by Crippen LogP contribution is 2.05. The van der Waals surface area contributed by atoms with Crippen LogP contribution in [-0.2, 0) is 10.8 Å². The lowest BCUT2D eigenvalue weighted by Gasteiger charge is -2.18. The maximum absolute atomic E-state index is 11.1. The maximum atomic E-state index is 11.1. The Morgan fingerprint density at radius 3 is 3.00 bits per heavy atom. The fourth-order valence-electron chi connectivity index (χ4n) is 1.67. The first kappa shape index (κ1) is 12.1. The molecule has 0 aliphatic carbocycles. The monoisotopic (exact) mass is 218 g/mol. The summed E-state index contributed by atoms with van der Waals surface area (Å²) in [7, 11) is -0.697. The minimum absolute atomic E-state index is 0.270. The Kier molecular flexibility index (Phi) is 5.67. The summed E-state index contributed by atoms with van der Waals surface area (Å²) in [5, 5.41) is 7.17. The molecule has 0 aromatic carbocycles. The van der Waals surface area contributed by atoms with E-state index in [4.69, 9.17) is 0 Å². The molecule has 0 spiro atoms. The van der Waals surface area contributed by atoms with Crippen LogP contribution >= 0.6 is 0 Å². The molecule has 0 aromatic rings. The van der Waals surface area contributed by atoms with Gasteiger partial charge in [0.25, 0.3) is 0 Å². The smallest absolute Gasteiger partial charge is 0.0441 e. The van der Waals surface area contributed by atoms with Gasteiger partial charge in [0.15, 0.2) is 0 Å². The number of hydrogen-bond donors (Lipinski definition) is 2. The standard InChI is InChI=1S/C10H22N2OS/c1-9(14(2)13)8-12-10-4-3-6-11-7-5-10/h9-12H,3-8H2,1-2H3. The second-order valence-electron chi connectivity index (χ2n) is 4.10. The lowest BCUT2D eigenvalue weighted by Crippen LogP contribution is -2.36. The van der Waals surface area contributed by atoms with Crippen LogP contribution in [0.25, 0.3) is 0 Å². The largest absolute Gasteiger partial charge is 0.317 e. The summed E-state index contributed by atoms with van der Waals surface area (Å²) in [6, 6.07) is 0.621. The zero-order valence-corrected chi connectivity index (χ0v) is 10.0. The molecule has 0 bridgehead atoms. The summed E-state index contributed by atoms with van der Waals surface area (Å²) in [6.45, 7) is 5.18. The predicted molar refractivity (Wildman–Crippen MR) is 62.0 cm³/mol. The van der Waals surface area contributed by atoms with E-state index >= 15 is 0 Å². The SMILES string of the molecule is CC(CNC1CCCNCC1)S(C)=O. The molecule has 1 saturated heterocycles. The van der Waals surface area contributed by atoms with Crippen LogP contribution in [0.4, 0.5) is 0 Å². The molecular weight excluding hydrogens is 196 g/mol. The molecule has 1 aliphatic heterocycles. The number of hydrogen-bond acceptors (Lipinski definition) is 3. The van der Waals surface area contributed by atoms with Gasteiger partial charge in [-0.1, -0.05) is 0 Å². The topological polar surface area (TPSA) is 41.1 Å². The van der Waals surface area contributed by atoms with E-state index in [2.05, 4.69) is 10.6 Å². The van der Waals surface area contributed by atoms with Gasteiger partial charge in [-0.2, -0.15) is 0 Å². The zero-order chi connectivity index (χ0) is 10.4. The first-order valence-electron chi connectivity index (χ1n) is 5.46. The summed E-state index contributed by atoms with van der Waals surface area (Å²) < 4.78 is 11.1. The van der Waals surface area contributed by atoms with Gasteiger partial charge in [-0.3, -0.25) is 4.21 Å². The van der Waals surface area contributed by atoms with Crippen molar-refractivity contribution in [1.82, 2.24) is 10.6 Å². The molecule has 0 aromatic heterocycles. The van der Waals surface area contributed by atoms with E-state index in [0.717, 1.165) is 19.6 Å². The molecule has 4 heteroatoms. The first-order valence-corrected chi connectivity index (χ1v) is 7.08. The van der Waals surface area contributed by atoms with E-state index in [0.29, 0.717) is 6.04 Å². The molecule has 0 saturated carbocycles. The Balaban J connectivity index is 2.18. The van der Waals surface area contributed by atoms with E-state index in [1.54, 1.807) is 6.26 Å². The second-order valence-corrected chi connectivity index (χ2v) is 5.90. The van der Waals surface area contributed by atoms with Gasteiger partial charge >= 0.3 is 0 Å². The highest BCUT2D eigenvalue weighted by Gasteiger charge is 2.13. The van der Waals surface area contributed by atoms with Gasteiger partial charge in [0.05, 0.1) is 0 Å². The third-order valence-electron chi connectivity index (χ3n) is 2.84. The minimum atomic E-state index is -0.697. The van der Waals surface area contributed by atoms with Crippen LogP contribution < -0.4 is 10.6 Å². The van der Waals surface area contributed by atoms with Gasteiger partial charge in [-0.05, 0) is 39.3 Å². The molecule has 1 rings (SSSR count). The molecule has 14 heavy (non-hydrogen) atoms. The van der Waals surface area contributed by atoms with E-state index in [1.807, 2.05) is 6.92 Å². The van der Waals surface area contributed by atoms with Crippen molar-refractivity contribution in [3.8, 4) is 0 Å². The van der Waals surface area contributed by atoms with Crippen molar-refractivity contribution in [2.75, 3.05) is 25.9 Å². The first-order chi connectivity index (χ1) is 6.70. The summed E-state index contributed by atoms with van der Waals surface area (Å²) >= 11 is 0. The van der Waals surface area contributed by atoms with Crippen LogP contribution in [0.2, 0.25) is 0 Å². The fraction of sp³-hybridized carbons (Fsp3) is 1.00. The highest BCUT2D eigenvalue weighted by molar-refractivity contribution is 7.84. The van der Waals surface area contributed by atoms with Crippen molar-refractivity contribution in [3.63, 3.8) is 0 Å².